The van der Waals surface area contributed by atoms with E-state index in [0.29, 0.717) is 12.1 Å². The van der Waals surface area contributed by atoms with Crippen molar-refractivity contribution in [2.75, 3.05) is 19.6 Å². The van der Waals surface area contributed by atoms with Gasteiger partial charge >= 0.3 is 0 Å². The monoisotopic (exact) mass is 286 g/mol. The summed E-state index contributed by atoms with van der Waals surface area (Å²) in [5, 5.41) is 3.74. The zero-order chi connectivity index (χ0) is 14.7. The smallest absolute Gasteiger partial charge is 0.0236 e. The molecule has 2 heteroatoms. The number of nitrogens with one attached hydrogen (secondary N) is 1. The normalized spacial score (nSPS) is 34.2. The van der Waals surface area contributed by atoms with Crippen LogP contribution in [0.1, 0.15) is 38.7 Å². The van der Waals surface area contributed by atoms with Gasteiger partial charge in [0.15, 0.2) is 0 Å². The Bertz CT molecular complexity index is 430. The summed E-state index contributed by atoms with van der Waals surface area (Å²) in [7, 11) is 0. The van der Waals surface area contributed by atoms with Crippen LogP contribution in [0, 0.1) is 11.8 Å². The standard InChI is InChI=1S/C19H30N2/c1-15-7-6-10-18(15)13-21-14-19(20-12-16(21)2)11-17-8-4-3-5-9-17/h3-5,8-9,15-16,18-20H,6-7,10-14H2,1-2H3. The highest BCUT2D eigenvalue weighted by molar-refractivity contribution is 5.16. The summed E-state index contributed by atoms with van der Waals surface area (Å²) in [4.78, 5) is 2.75. The molecule has 1 aliphatic carbocycles. The van der Waals surface area contributed by atoms with Crippen LogP contribution >= 0.6 is 0 Å². The molecule has 1 aromatic rings. The van der Waals surface area contributed by atoms with Gasteiger partial charge in [-0.3, -0.25) is 4.90 Å². The van der Waals surface area contributed by atoms with Gasteiger partial charge in [0, 0.05) is 31.7 Å². The minimum Gasteiger partial charge on any atom is -0.311 e. The molecule has 1 aromatic carbocycles. The third-order valence-corrected chi connectivity index (χ3v) is 5.61. The van der Waals surface area contributed by atoms with Crippen molar-refractivity contribution in [3.8, 4) is 0 Å². The van der Waals surface area contributed by atoms with E-state index in [0.717, 1.165) is 24.8 Å². The predicted molar refractivity (Wildman–Crippen MR) is 89.5 cm³/mol. The Balaban J connectivity index is 1.56. The molecule has 2 aliphatic rings. The van der Waals surface area contributed by atoms with Crippen LogP contribution in [-0.4, -0.2) is 36.6 Å². The van der Waals surface area contributed by atoms with Crippen LogP contribution in [0.15, 0.2) is 30.3 Å². The minimum atomic E-state index is 0.611. The Morgan fingerprint density at radius 3 is 2.67 bits per heavy atom. The molecule has 0 bridgehead atoms. The molecular weight excluding hydrogens is 256 g/mol. The Labute approximate surface area is 129 Å². The van der Waals surface area contributed by atoms with Crippen molar-refractivity contribution in [3.05, 3.63) is 35.9 Å². The first-order chi connectivity index (χ1) is 10.2. The van der Waals surface area contributed by atoms with Gasteiger partial charge in [-0.15, -0.1) is 0 Å². The van der Waals surface area contributed by atoms with E-state index >= 15 is 0 Å². The molecule has 0 spiro atoms. The number of hydrogen-bond donors (Lipinski definition) is 1. The third-order valence-electron chi connectivity index (χ3n) is 5.61. The molecule has 1 saturated carbocycles. The van der Waals surface area contributed by atoms with Gasteiger partial charge in [0.05, 0.1) is 0 Å². The summed E-state index contributed by atoms with van der Waals surface area (Å²) >= 11 is 0. The van der Waals surface area contributed by atoms with Gasteiger partial charge in [-0.05, 0) is 37.2 Å². The molecule has 4 unspecified atom stereocenters. The van der Waals surface area contributed by atoms with Crippen molar-refractivity contribution >= 4 is 0 Å². The van der Waals surface area contributed by atoms with Crippen LogP contribution in [0.2, 0.25) is 0 Å². The van der Waals surface area contributed by atoms with E-state index in [1.807, 2.05) is 0 Å². The molecule has 0 aromatic heterocycles. The molecule has 2 fully saturated rings. The van der Waals surface area contributed by atoms with Gasteiger partial charge in [-0.25, -0.2) is 0 Å². The van der Waals surface area contributed by atoms with Crippen LogP contribution in [0.25, 0.3) is 0 Å². The first-order valence-corrected chi connectivity index (χ1v) is 8.73. The van der Waals surface area contributed by atoms with E-state index in [1.165, 1.54) is 37.9 Å². The molecule has 0 radical (unpaired) electrons. The lowest BCUT2D eigenvalue weighted by atomic mass is 9.95. The van der Waals surface area contributed by atoms with Gasteiger partial charge in [-0.2, -0.15) is 0 Å². The predicted octanol–water partition coefficient (Wildman–Crippen LogP) is 3.33. The summed E-state index contributed by atoms with van der Waals surface area (Å²) < 4.78 is 0. The molecule has 1 aliphatic heterocycles. The van der Waals surface area contributed by atoms with Crippen molar-refractivity contribution in [1.82, 2.24) is 10.2 Å². The second-order valence-corrected chi connectivity index (χ2v) is 7.27. The van der Waals surface area contributed by atoms with E-state index in [2.05, 4.69) is 54.4 Å². The first kappa shape index (κ1) is 15.1. The topological polar surface area (TPSA) is 15.3 Å². The van der Waals surface area contributed by atoms with E-state index in [1.54, 1.807) is 0 Å². The highest BCUT2D eigenvalue weighted by Gasteiger charge is 2.30. The van der Waals surface area contributed by atoms with Crippen molar-refractivity contribution in [3.63, 3.8) is 0 Å². The minimum absolute atomic E-state index is 0.611. The maximum atomic E-state index is 3.74. The van der Waals surface area contributed by atoms with Crippen LogP contribution in [0.3, 0.4) is 0 Å². The van der Waals surface area contributed by atoms with Crippen LogP contribution in [-0.2, 0) is 6.42 Å². The summed E-state index contributed by atoms with van der Waals surface area (Å²) in [5.41, 5.74) is 1.46. The zero-order valence-corrected chi connectivity index (χ0v) is 13.6. The fourth-order valence-electron chi connectivity index (χ4n) is 4.08. The average Bonchev–Trinajstić information content (AvgIpc) is 2.89. The number of rotatable bonds is 4. The maximum absolute atomic E-state index is 3.74. The van der Waals surface area contributed by atoms with Gasteiger partial charge in [0.2, 0.25) is 0 Å². The van der Waals surface area contributed by atoms with Crippen LogP contribution in [0.4, 0.5) is 0 Å². The average molecular weight is 286 g/mol. The molecular formula is C19H30N2. The molecule has 1 heterocycles. The number of nitrogens with zero attached hydrogens (tertiary/aromatic N) is 1. The lowest BCUT2D eigenvalue weighted by Gasteiger charge is -2.40. The molecule has 2 nitrogen and oxygen atoms in total. The van der Waals surface area contributed by atoms with E-state index in [4.69, 9.17) is 0 Å². The SMILES string of the molecule is CC1CCCC1CN1CC(Cc2ccccc2)NCC1C. The fourth-order valence-corrected chi connectivity index (χ4v) is 4.08. The fraction of sp³-hybridized carbons (Fsp3) is 0.684. The maximum Gasteiger partial charge on any atom is 0.0236 e. The molecule has 3 rings (SSSR count). The summed E-state index contributed by atoms with van der Waals surface area (Å²) in [6, 6.07) is 12.2. The van der Waals surface area contributed by atoms with Gasteiger partial charge in [0.25, 0.3) is 0 Å². The molecule has 1 N–H and O–H groups in total. The quantitative estimate of drug-likeness (QED) is 0.913. The number of piperazine rings is 1. The second-order valence-electron chi connectivity index (χ2n) is 7.27. The van der Waals surface area contributed by atoms with Gasteiger partial charge < -0.3 is 5.32 Å². The summed E-state index contributed by atoms with van der Waals surface area (Å²) in [6.45, 7) is 8.49. The molecule has 116 valence electrons. The van der Waals surface area contributed by atoms with Gasteiger partial charge in [0.1, 0.15) is 0 Å². The highest BCUT2D eigenvalue weighted by Crippen LogP contribution is 2.32. The lowest BCUT2D eigenvalue weighted by molar-refractivity contribution is 0.111. The summed E-state index contributed by atoms with van der Waals surface area (Å²) in [6.07, 6.45) is 5.49. The Kier molecular flexibility index (Phi) is 4.97. The number of hydrogen-bond acceptors (Lipinski definition) is 2. The van der Waals surface area contributed by atoms with E-state index in [9.17, 15) is 0 Å². The van der Waals surface area contributed by atoms with Crippen molar-refractivity contribution in [2.45, 2.75) is 51.6 Å². The Morgan fingerprint density at radius 2 is 1.95 bits per heavy atom. The molecule has 21 heavy (non-hydrogen) atoms. The molecule has 0 amide bonds. The van der Waals surface area contributed by atoms with Crippen LogP contribution in [0.5, 0.6) is 0 Å². The Morgan fingerprint density at radius 1 is 1.14 bits per heavy atom. The van der Waals surface area contributed by atoms with Gasteiger partial charge in [-0.1, -0.05) is 50.1 Å². The first-order valence-electron chi connectivity index (χ1n) is 8.73. The lowest BCUT2D eigenvalue weighted by Crippen LogP contribution is -2.57. The Hall–Kier alpha value is -0.860. The third kappa shape index (κ3) is 3.87. The van der Waals surface area contributed by atoms with Crippen molar-refractivity contribution in [2.24, 2.45) is 11.8 Å². The molecule has 1 saturated heterocycles. The number of benzene rings is 1. The van der Waals surface area contributed by atoms with E-state index in [-0.39, 0.29) is 0 Å². The zero-order valence-electron chi connectivity index (χ0n) is 13.6. The van der Waals surface area contributed by atoms with Crippen molar-refractivity contribution in [1.29, 1.82) is 0 Å². The summed E-state index contributed by atoms with van der Waals surface area (Å²) in [5.74, 6) is 1.86. The second kappa shape index (κ2) is 6.93. The van der Waals surface area contributed by atoms with E-state index < -0.39 is 0 Å². The highest BCUT2D eigenvalue weighted by atomic mass is 15.2. The van der Waals surface area contributed by atoms with Crippen molar-refractivity contribution < 1.29 is 0 Å². The van der Waals surface area contributed by atoms with Crippen LogP contribution < -0.4 is 5.32 Å². The largest absolute Gasteiger partial charge is 0.311 e. The molecule has 4 atom stereocenters.